The first kappa shape index (κ1) is 15.0. The third-order valence-electron chi connectivity index (χ3n) is 3.16. The van der Waals surface area contributed by atoms with E-state index in [0.29, 0.717) is 5.88 Å². The summed E-state index contributed by atoms with van der Waals surface area (Å²) < 4.78 is 0. The van der Waals surface area contributed by atoms with Gasteiger partial charge in [-0.25, -0.2) is 0 Å². The molecular formula is C15H22ClNO. The average molecular weight is 268 g/mol. The second-order valence-corrected chi connectivity index (χ2v) is 4.71. The lowest BCUT2D eigenvalue weighted by molar-refractivity contribution is -0.132. The van der Waals surface area contributed by atoms with E-state index in [9.17, 15) is 4.79 Å². The van der Waals surface area contributed by atoms with Crippen molar-refractivity contribution < 1.29 is 4.79 Å². The number of likely N-dealkylation sites (N-methyl/N-ethyl adjacent to an activating group) is 1. The van der Waals surface area contributed by atoms with E-state index in [0.717, 1.165) is 31.5 Å². The zero-order valence-corrected chi connectivity index (χ0v) is 12.0. The smallest absolute Gasteiger partial charge is 0.230 e. The Bertz CT molecular complexity index is 353. The van der Waals surface area contributed by atoms with Gasteiger partial charge in [-0.2, -0.15) is 0 Å². The van der Waals surface area contributed by atoms with Crippen molar-refractivity contribution in [2.45, 2.75) is 32.6 Å². The van der Waals surface area contributed by atoms with Crippen LogP contribution in [0.5, 0.6) is 0 Å². The maximum absolute atomic E-state index is 12.5. The highest BCUT2D eigenvalue weighted by molar-refractivity contribution is 6.17. The van der Waals surface area contributed by atoms with Crippen LogP contribution in [0.25, 0.3) is 0 Å². The Morgan fingerprint density at radius 3 is 2.44 bits per heavy atom. The van der Waals surface area contributed by atoms with Crippen molar-refractivity contribution in [2.24, 2.45) is 0 Å². The van der Waals surface area contributed by atoms with E-state index in [-0.39, 0.29) is 11.8 Å². The molecule has 1 atom stereocenters. The number of hydrogen-bond donors (Lipinski definition) is 0. The van der Waals surface area contributed by atoms with E-state index < -0.39 is 0 Å². The van der Waals surface area contributed by atoms with E-state index in [1.54, 1.807) is 0 Å². The first-order valence-corrected chi connectivity index (χ1v) is 7.17. The Hall–Kier alpha value is -1.02. The fourth-order valence-electron chi connectivity index (χ4n) is 2.13. The molecule has 0 heterocycles. The standard InChI is InChI=1S/C15H22ClNO/c1-3-14(13-9-6-5-7-10-13)15(18)17(4-2)12-8-11-16/h5-7,9-10,14H,3-4,8,11-12H2,1-2H3. The van der Waals surface area contributed by atoms with Crippen molar-refractivity contribution in [3.05, 3.63) is 35.9 Å². The average Bonchev–Trinajstić information content (AvgIpc) is 2.42. The molecule has 0 aliphatic carbocycles. The molecule has 3 heteroatoms. The van der Waals surface area contributed by atoms with E-state index in [1.807, 2.05) is 42.2 Å². The molecule has 0 aliphatic heterocycles. The van der Waals surface area contributed by atoms with Gasteiger partial charge in [0.15, 0.2) is 0 Å². The SMILES string of the molecule is CCC(C(=O)N(CC)CCCCl)c1ccccc1. The van der Waals surface area contributed by atoms with Crippen LogP contribution in [0.15, 0.2) is 30.3 Å². The third-order valence-corrected chi connectivity index (χ3v) is 3.43. The number of alkyl halides is 1. The fraction of sp³-hybridized carbons (Fsp3) is 0.533. The monoisotopic (exact) mass is 267 g/mol. The highest BCUT2D eigenvalue weighted by Gasteiger charge is 2.22. The molecule has 1 amide bonds. The minimum absolute atomic E-state index is 0.0264. The molecule has 0 radical (unpaired) electrons. The molecule has 2 nitrogen and oxygen atoms in total. The van der Waals surface area contributed by atoms with Gasteiger partial charge in [-0.15, -0.1) is 11.6 Å². The molecule has 0 N–H and O–H groups in total. The number of hydrogen-bond acceptors (Lipinski definition) is 1. The van der Waals surface area contributed by atoms with E-state index in [1.165, 1.54) is 0 Å². The second kappa shape index (κ2) is 8.15. The molecule has 100 valence electrons. The van der Waals surface area contributed by atoms with Gasteiger partial charge in [0.2, 0.25) is 5.91 Å². The van der Waals surface area contributed by atoms with Crippen molar-refractivity contribution in [3.8, 4) is 0 Å². The van der Waals surface area contributed by atoms with Crippen molar-refractivity contribution in [1.82, 2.24) is 4.90 Å². The summed E-state index contributed by atoms with van der Waals surface area (Å²) >= 11 is 5.70. The Balaban J connectivity index is 2.78. The summed E-state index contributed by atoms with van der Waals surface area (Å²) in [6.07, 6.45) is 1.69. The van der Waals surface area contributed by atoms with Gasteiger partial charge in [-0.3, -0.25) is 4.79 Å². The number of amides is 1. The predicted octanol–water partition coefficient (Wildman–Crippen LogP) is 3.66. The zero-order chi connectivity index (χ0) is 13.4. The summed E-state index contributed by atoms with van der Waals surface area (Å²) in [5.74, 6) is 0.795. The highest BCUT2D eigenvalue weighted by atomic mass is 35.5. The minimum Gasteiger partial charge on any atom is -0.342 e. The van der Waals surface area contributed by atoms with Crippen LogP contribution in [0.3, 0.4) is 0 Å². The van der Waals surface area contributed by atoms with Crippen molar-refractivity contribution in [2.75, 3.05) is 19.0 Å². The molecule has 0 bridgehead atoms. The molecule has 0 aliphatic rings. The Morgan fingerprint density at radius 1 is 1.28 bits per heavy atom. The summed E-state index contributed by atoms with van der Waals surface area (Å²) in [5.41, 5.74) is 1.11. The number of benzene rings is 1. The van der Waals surface area contributed by atoms with Gasteiger partial charge >= 0.3 is 0 Å². The van der Waals surface area contributed by atoms with E-state index in [2.05, 4.69) is 6.92 Å². The summed E-state index contributed by atoms with van der Waals surface area (Å²) in [4.78, 5) is 14.4. The molecule has 1 rings (SSSR count). The number of carbonyl (C=O) groups excluding carboxylic acids is 1. The highest BCUT2D eigenvalue weighted by Crippen LogP contribution is 2.22. The van der Waals surface area contributed by atoms with E-state index >= 15 is 0 Å². The lowest BCUT2D eigenvalue weighted by atomic mass is 9.95. The normalized spacial score (nSPS) is 12.2. The van der Waals surface area contributed by atoms with Crippen molar-refractivity contribution in [3.63, 3.8) is 0 Å². The van der Waals surface area contributed by atoms with Crippen LogP contribution in [0.4, 0.5) is 0 Å². The van der Waals surface area contributed by atoms with Crippen LogP contribution >= 0.6 is 11.6 Å². The molecule has 0 saturated heterocycles. The van der Waals surface area contributed by atoms with Gasteiger partial charge in [0.25, 0.3) is 0 Å². The predicted molar refractivity (Wildman–Crippen MR) is 77.1 cm³/mol. The number of halogens is 1. The first-order chi connectivity index (χ1) is 8.74. The number of nitrogens with zero attached hydrogens (tertiary/aromatic N) is 1. The lowest BCUT2D eigenvalue weighted by Crippen LogP contribution is -2.35. The maximum Gasteiger partial charge on any atom is 0.230 e. The molecule has 0 saturated carbocycles. The molecule has 0 spiro atoms. The molecule has 1 unspecified atom stereocenters. The van der Waals surface area contributed by atoms with Gasteiger partial charge in [0.1, 0.15) is 0 Å². The molecule has 0 aromatic heterocycles. The van der Waals surface area contributed by atoms with Gasteiger partial charge in [0, 0.05) is 19.0 Å². The lowest BCUT2D eigenvalue weighted by Gasteiger charge is -2.25. The largest absolute Gasteiger partial charge is 0.342 e. The van der Waals surface area contributed by atoms with Gasteiger partial charge in [-0.1, -0.05) is 37.3 Å². The van der Waals surface area contributed by atoms with Crippen LogP contribution in [0.1, 0.15) is 38.2 Å². The topological polar surface area (TPSA) is 20.3 Å². The second-order valence-electron chi connectivity index (χ2n) is 4.33. The van der Waals surface area contributed by atoms with Crippen LogP contribution in [0.2, 0.25) is 0 Å². The minimum atomic E-state index is -0.0264. The Labute approximate surface area is 115 Å². The van der Waals surface area contributed by atoms with Crippen molar-refractivity contribution in [1.29, 1.82) is 0 Å². The van der Waals surface area contributed by atoms with Gasteiger partial charge < -0.3 is 4.90 Å². The van der Waals surface area contributed by atoms with Crippen LogP contribution in [-0.2, 0) is 4.79 Å². The van der Waals surface area contributed by atoms with Crippen LogP contribution < -0.4 is 0 Å². The first-order valence-electron chi connectivity index (χ1n) is 6.64. The van der Waals surface area contributed by atoms with E-state index in [4.69, 9.17) is 11.6 Å². The molecule has 1 aromatic rings. The van der Waals surface area contributed by atoms with Crippen LogP contribution in [-0.4, -0.2) is 29.8 Å². The zero-order valence-electron chi connectivity index (χ0n) is 11.2. The third kappa shape index (κ3) is 4.02. The molecular weight excluding hydrogens is 246 g/mol. The van der Waals surface area contributed by atoms with Crippen molar-refractivity contribution >= 4 is 17.5 Å². The maximum atomic E-state index is 12.5. The Kier molecular flexibility index (Phi) is 6.81. The molecule has 0 fully saturated rings. The summed E-state index contributed by atoms with van der Waals surface area (Å²) in [7, 11) is 0. The number of carbonyl (C=O) groups is 1. The quantitative estimate of drug-likeness (QED) is 0.691. The number of rotatable bonds is 7. The summed E-state index contributed by atoms with van der Waals surface area (Å²) in [5, 5.41) is 0. The summed E-state index contributed by atoms with van der Waals surface area (Å²) in [6, 6.07) is 10.0. The summed E-state index contributed by atoms with van der Waals surface area (Å²) in [6.45, 7) is 5.58. The fourth-order valence-corrected chi connectivity index (χ4v) is 2.25. The molecule has 1 aromatic carbocycles. The Morgan fingerprint density at radius 2 is 1.94 bits per heavy atom. The van der Waals surface area contributed by atoms with Crippen LogP contribution in [0, 0.1) is 0 Å². The van der Waals surface area contributed by atoms with Gasteiger partial charge in [-0.05, 0) is 25.3 Å². The van der Waals surface area contributed by atoms with Gasteiger partial charge in [0.05, 0.1) is 5.92 Å². The molecule has 18 heavy (non-hydrogen) atoms.